The minimum absolute atomic E-state index is 0.666. The van der Waals surface area contributed by atoms with Gasteiger partial charge in [-0.05, 0) is 41.0 Å². The van der Waals surface area contributed by atoms with E-state index in [0.29, 0.717) is 5.02 Å². The van der Waals surface area contributed by atoms with Gasteiger partial charge in [-0.3, -0.25) is 0 Å². The van der Waals surface area contributed by atoms with Gasteiger partial charge in [-0.25, -0.2) is 0 Å². The molecule has 0 unspecified atom stereocenters. The van der Waals surface area contributed by atoms with Crippen molar-refractivity contribution in [3.8, 4) is 0 Å². The highest BCUT2D eigenvalue weighted by Gasteiger charge is 2.20. The molecule has 1 aliphatic heterocycles. The van der Waals surface area contributed by atoms with Crippen LogP contribution >= 0.6 is 39.1 Å². The lowest BCUT2D eigenvalue weighted by Gasteiger charge is -2.27. The maximum atomic E-state index is 6.35. The lowest BCUT2D eigenvalue weighted by Crippen LogP contribution is -2.18. The highest BCUT2D eigenvalue weighted by Crippen LogP contribution is 2.37. The van der Waals surface area contributed by atoms with Crippen LogP contribution in [0.25, 0.3) is 5.57 Å². The molecule has 0 saturated carbocycles. The zero-order valence-corrected chi connectivity index (χ0v) is 13.9. The summed E-state index contributed by atoms with van der Waals surface area (Å²) in [5.41, 5.74) is 4.51. The summed E-state index contributed by atoms with van der Waals surface area (Å²) >= 11 is 16.0. The molecule has 0 radical (unpaired) electrons. The molecule has 0 spiro atoms. The summed E-state index contributed by atoms with van der Waals surface area (Å²) in [5.74, 6) is 0. The van der Waals surface area contributed by atoms with E-state index in [1.54, 1.807) is 6.07 Å². The first kappa shape index (κ1) is 14.0. The molecule has 1 aliphatic rings. The smallest absolute Gasteiger partial charge is 0.0476 e. The third-order valence-corrected chi connectivity index (χ3v) is 4.39. The van der Waals surface area contributed by atoms with E-state index in [1.807, 2.05) is 25.2 Å². The van der Waals surface area contributed by atoms with Crippen LogP contribution in [0.15, 0.2) is 47.1 Å². The van der Waals surface area contributed by atoms with Crippen molar-refractivity contribution in [1.29, 1.82) is 0 Å². The minimum atomic E-state index is 0.666. The summed E-state index contributed by atoms with van der Waals surface area (Å²) in [6.45, 7) is 0.794. The predicted octanol–water partition coefficient (Wildman–Crippen LogP) is 5.59. The van der Waals surface area contributed by atoms with Crippen LogP contribution in [0.4, 0.5) is 0 Å². The molecule has 0 atom stereocenters. The number of nitrogens with zero attached hydrogens (tertiary/aromatic N) is 1. The third-order valence-electron chi connectivity index (χ3n) is 3.34. The van der Waals surface area contributed by atoms with E-state index in [4.69, 9.17) is 23.2 Å². The Hall–Kier alpha value is -0.960. The fraction of sp³-hybridized carbons (Fsp3) is 0.125. The van der Waals surface area contributed by atoms with E-state index in [9.17, 15) is 0 Å². The Kier molecular flexibility index (Phi) is 3.80. The van der Waals surface area contributed by atoms with Gasteiger partial charge in [0.2, 0.25) is 0 Å². The van der Waals surface area contributed by atoms with E-state index in [-0.39, 0.29) is 0 Å². The number of fused-ring (bicyclic) bond motifs is 1. The standard InChI is InChI=1S/C16H12BrCl2N/c1-20-8-14(10-3-2-4-11(17)5-10)13-6-12(18)7-16(19)15(13)9-20/h2-8H,9H2,1H3. The molecule has 0 fully saturated rings. The second kappa shape index (κ2) is 5.44. The quantitative estimate of drug-likeness (QED) is 0.634. The maximum absolute atomic E-state index is 6.35. The molecule has 2 aromatic rings. The first-order valence-corrected chi connectivity index (χ1v) is 7.76. The molecule has 2 aromatic carbocycles. The lowest BCUT2D eigenvalue weighted by molar-refractivity contribution is 0.446. The Morgan fingerprint density at radius 3 is 2.70 bits per heavy atom. The van der Waals surface area contributed by atoms with Gasteiger partial charge in [0.1, 0.15) is 0 Å². The summed E-state index contributed by atoms with van der Waals surface area (Å²) < 4.78 is 1.05. The fourth-order valence-electron chi connectivity index (χ4n) is 2.48. The van der Waals surface area contributed by atoms with Crippen molar-refractivity contribution in [2.45, 2.75) is 6.54 Å². The van der Waals surface area contributed by atoms with Crippen LogP contribution in [-0.2, 0) is 6.54 Å². The zero-order chi connectivity index (χ0) is 14.3. The van der Waals surface area contributed by atoms with Gasteiger partial charge < -0.3 is 4.90 Å². The summed E-state index contributed by atoms with van der Waals surface area (Å²) in [5, 5.41) is 1.39. The highest BCUT2D eigenvalue weighted by atomic mass is 79.9. The van der Waals surface area contributed by atoms with Gasteiger partial charge >= 0.3 is 0 Å². The van der Waals surface area contributed by atoms with Crippen LogP contribution in [0, 0.1) is 0 Å². The highest BCUT2D eigenvalue weighted by molar-refractivity contribution is 9.10. The van der Waals surface area contributed by atoms with Crippen LogP contribution in [0.2, 0.25) is 10.0 Å². The summed E-state index contributed by atoms with van der Waals surface area (Å²) in [4.78, 5) is 2.14. The van der Waals surface area contributed by atoms with Crippen molar-refractivity contribution in [1.82, 2.24) is 4.90 Å². The van der Waals surface area contributed by atoms with E-state index < -0.39 is 0 Å². The van der Waals surface area contributed by atoms with Crippen molar-refractivity contribution < 1.29 is 0 Å². The van der Waals surface area contributed by atoms with Crippen LogP contribution in [0.3, 0.4) is 0 Å². The molecule has 4 heteroatoms. The van der Waals surface area contributed by atoms with Crippen LogP contribution < -0.4 is 0 Å². The molecule has 0 aromatic heterocycles. The SMILES string of the molecule is CN1C=C(c2cccc(Br)c2)c2cc(Cl)cc(Cl)c2C1. The minimum Gasteiger partial charge on any atom is -0.375 e. The monoisotopic (exact) mass is 367 g/mol. The van der Waals surface area contributed by atoms with Gasteiger partial charge in [0.15, 0.2) is 0 Å². The van der Waals surface area contributed by atoms with Gasteiger partial charge in [0, 0.05) is 39.9 Å². The zero-order valence-electron chi connectivity index (χ0n) is 10.8. The number of halogens is 3. The van der Waals surface area contributed by atoms with E-state index >= 15 is 0 Å². The third kappa shape index (κ3) is 2.60. The van der Waals surface area contributed by atoms with Gasteiger partial charge in [-0.1, -0.05) is 51.3 Å². The molecule has 0 N–H and O–H groups in total. The normalized spacial score (nSPS) is 14.0. The van der Waals surface area contributed by atoms with Gasteiger partial charge in [0.25, 0.3) is 0 Å². The van der Waals surface area contributed by atoms with E-state index in [2.05, 4.69) is 39.2 Å². The fourth-order valence-corrected chi connectivity index (χ4v) is 3.43. The van der Waals surface area contributed by atoms with Gasteiger partial charge in [-0.2, -0.15) is 0 Å². The maximum Gasteiger partial charge on any atom is 0.0476 e. The number of hydrogen-bond acceptors (Lipinski definition) is 1. The van der Waals surface area contributed by atoms with Gasteiger partial charge in [0.05, 0.1) is 0 Å². The molecule has 1 nitrogen and oxygen atoms in total. The number of rotatable bonds is 1. The van der Waals surface area contributed by atoms with Crippen molar-refractivity contribution in [3.63, 3.8) is 0 Å². The Balaban J connectivity index is 2.22. The summed E-state index contributed by atoms with van der Waals surface area (Å²) in [6, 6.07) is 12.0. The predicted molar refractivity (Wildman–Crippen MR) is 89.2 cm³/mol. The summed E-state index contributed by atoms with van der Waals surface area (Å²) in [6.07, 6.45) is 2.14. The molecule has 0 amide bonds. The first-order chi connectivity index (χ1) is 9.54. The average molecular weight is 369 g/mol. The average Bonchev–Trinajstić information content (AvgIpc) is 2.39. The Morgan fingerprint density at radius 2 is 1.95 bits per heavy atom. The van der Waals surface area contributed by atoms with E-state index in [0.717, 1.165) is 38.3 Å². The second-order valence-electron chi connectivity index (χ2n) is 4.88. The Morgan fingerprint density at radius 1 is 1.15 bits per heavy atom. The Bertz CT molecular complexity index is 710. The van der Waals surface area contributed by atoms with Crippen molar-refractivity contribution in [2.75, 3.05) is 7.05 Å². The van der Waals surface area contributed by atoms with Crippen molar-refractivity contribution in [2.24, 2.45) is 0 Å². The van der Waals surface area contributed by atoms with Crippen LogP contribution in [0.5, 0.6) is 0 Å². The van der Waals surface area contributed by atoms with Gasteiger partial charge in [-0.15, -0.1) is 0 Å². The molecule has 0 saturated heterocycles. The van der Waals surface area contributed by atoms with Crippen molar-refractivity contribution in [3.05, 3.63) is 73.8 Å². The van der Waals surface area contributed by atoms with E-state index in [1.165, 1.54) is 0 Å². The number of hydrogen-bond donors (Lipinski definition) is 0. The molecule has 1 heterocycles. The van der Waals surface area contributed by atoms with Crippen LogP contribution in [-0.4, -0.2) is 11.9 Å². The van der Waals surface area contributed by atoms with Crippen LogP contribution in [0.1, 0.15) is 16.7 Å². The second-order valence-corrected chi connectivity index (χ2v) is 6.64. The molecule has 0 aliphatic carbocycles. The molecule has 0 bridgehead atoms. The molecule has 20 heavy (non-hydrogen) atoms. The summed E-state index contributed by atoms with van der Waals surface area (Å²) in [7, 11) is 2.05. The molecular weight excluding hydrogens is 357 g/mol. The number of benzene rings is 2. The lowest BCUT2D eigenvalue weighted by atomic mass is 9.92. The van der Waals surface area contributed by atoms with Crippen molar-refractivity contribution >= 4 is 44.7 Å². The topological polar surface area (TPSA) is 3.24 Å². The largest absolute Gasteiger partial charge is 0.375 e. The Labute approximate surface area is 136 Å². The first-order valence-electron chi connectivity index (χ1n) is 6.21. The molecular formula is C16H12BrCl2N. The molecule has 102 valence electrons. The molecule has 3 rings (SSSR count).